The molecule has 0 aromatic heterocycles. The number of oxime groups is 1. The van der Waals surface area contributed by atoms with Crippen LogP contribution in [0.5, 0.6) is 0 Å². The van der Waals surface area contributed by atoms with Crippen LogP contribution in [-0.4, -0.2) is 53.2 Å². The molecule has 4 atom stereocenters. The van der Waals surface area contributed by atoms with Crippen molar-refractivity contribution in [2.45, 2.75) is 55.9 Å². The number of carbonyl (C=O) groups excluding carboxylic acids is 2. The Labute approximate surface area is 191 Å². The number of hydrogen-bond acceptors (Lipinski definition) is 7. The van der Waals surface area contributed by atoms with Gasteiger partial charge in [0.25, 0.3) is 0 Å². The number of carboxylic acid groups (broad SMARTS) is 1. The van der Waals surface area contributed by atoms with E-state index in [4.69, 9.17) is 4.84 Å². The average Bonchev–Trinajstić information content (AvgIpc) is 3.13. The largest absolute Gasteiger partial charge is 1.00 e. The van der Waals surface area contributed by atoms with Gasteiger partial charge in [-0.1, -0.05) is 35.0 Å². The van der Waals surface area contributed by atoms with Crippen molar-refractivity contribution in [3.63, 3.8) is 0 Å². The summed E-state index contributed by atoms with van der Waals surface area (Å²) < 4.78 is 24.2. The molecule has 2 saturated heterocycles. The van der Waals surface area contributed by atoms with Gasteiger partial charge >= 0.3 is 29.6 Å². The predicted molar refractivity (Wildman–Crippen MR) is 97.7 cm³/mol. The van der Waals surface area contributed by atoms with Gasteiger partial charge in [-0.2, -0.15) is 0 Å². The van der Waals surface area contributed by atoms with E-state index in [1.807, 2.05) is 31.2 Å². The van der Waals surface area contributed by atoms with E-state index in [0.29, 0.717) is 6.42 Å². The molecule has 8 nitrogen and oxygen atoms in total. The molecule has 150 valence electrons. The molecule has 0 radical (unpaired) electrons. The second kappa shape index (κ2) is 7.37. The standard InChI is InChI=1S/C19H22N2O6S.Na/c1-10-4-6-11(7-5-10)14-9-12(27-20-14)8-13-16(22)21-15(18(23)24)19(2,3)28(25,26)17(13)21;/h4-7,12-13,15,17H,8-9H2,1-3H3,(H,23,24);/q;+1/p-1/t12-,13+,15?,17?;/m0./s1. The molecular weight excluding hydrogens is 407 g/mol. The summed E-state index contributed by atoms with van der Waals surface area (Å²) in [4.78, 5) is 30.5. The number of carbonyl (C=O) groups is 2. The number of nitrogens with zero attached hydrogens (tertiary/aromatic N) is 2. The van der Waals surface area contributed by atoms with Crippen LogP contribution in [0.1, 0.15) is 37.8 Å². The number of aryl methyl sites for hydroxylation is 1. The van der Waals surface area contributed by atoms with Crippen LogP contribution in [-0.2, 0) is 24.3 Å². The SMILES string of the molecule is Cc1ccc(C2=NO[C@@H](C[C@@H]3C(=O)N4C(C(=O)[O-])C(C)(C)S(=O)(=O)C34)C2)cc1.[Na+]. The Balaban J connectivity index is 0.00000240. The van der Waals surface area contributed by atoms with E-state index in [9.17, 15) is 23.1 Å². The first kappa shape index (κ1) is 22.3. The van der Waals surface area contributed by atoms with Gasteiger partial charge in [-0.3, -0.25) is 4.79 Å². The Morgan fingerprint density at radius 2 is 1.93 bits per heavy atom. The maximum absolute atomic E-state index is 12.9. The Bertz CT molecular complexity index is 988. The predicted octanol–water partition coefficient (Wildman–Crippen LogP) is -3.01. The van der Waals surface area contributed by atoms with Crippen LogP contribution in [0, 0.1) is 12.8 Å². The zero-order valence-corrected chi connectivity index (χ0v) is 19.6. The van der Waals surface area contributed by atoms with Crippen LogP contribution in [0.4, 0.5) is 0 Å². The molecule has 2 unspecified atom stereocenters. The second-order valence-corrected chi connectivity index (χ2v) is 10.8. The zero-order chi connectivity index (χ0) is 20.4. The third-order valence-electron chi connectivity index (χ3n) is 6.04. The van der Waals surface area contributed by atoms with E-state index in [1.165, 1.54) is 13.8 Å². The van der Waals surface area contributed by atoms with E-state index < -0.39 is 49.9 Å². The molecule has 1 aromatic rings. The summed E-state index contributed by atoms with van der Waals surface area (Å²) in [5, 5.41) is 14.4. The molecule has 0 aliphatic carbocycles. The van der Waals surface area contributed by atoms with Crippen molar-refractivity contribution in [3.8, 4) is 0 Å². The van der Waals surface area contributed by atoms with Crippen LogP contribution in [0.3, 0.4) is 0 Å². The van der Waals surface area contributed by atoms with Gasteiger partial charge in [0.1, 0.15) is 11.5 Å². The van der Waals surface area contributed by atoms with Crippen molar-refractivity contribution in [2.24, 2.45) is 11.1 Å². The quantitative estimate of drug-likeness (QED) is 0.373. The summed E-state index contributed by atoms with van der Waals surface area (Å²) in [6.07, 6.45) is 0.216. The normalized spacial score (nSPS) is 31.2. The number of sulfone groups is 1. The van der Waals surface area contributed by atoms with E-state index in [2.05, 4.69) is 5.16 Å². The van der Waals surface area contributed by atoms with Crippen LogP contribution >= 0.6 is 0 Å². The molecule has 29 heavy (non-hydrogen) atoms. The van der Waals surface area contributed by atoms with Gasteiger partial charge in [-0.15, -0.1) is 0 Å². The molecule has 3 heterocycles. The van der Waals surface area contributed by atoms with Gasteiger partial charge in [0.05, 0.1) is 28.4 Å². The molecule has 3 aliphatic heterocycles. The van der Waals surface area contributed by atoms with E-state index in [1.54, 1.807) is 0 Å². The Morgan fingerprint density at radius 1 is 1.31 bits per heavy atom. The molecule has 3 aliphatic rings. The fourth-order valence-corrected chi connectivity index (χ4v) is 6.69. The number of fused-ring (bicyclic) bond motifs is 1. The molecule has 0 saturated carbocycles. The van der Waals surface area contributed by atoms with Crippen LogP contribution < -0.4 is 34.7 Å². The first-order chi connectivity index (χ1) is 13.1. The van der Waals surface area contributed by atoms with E-state index in [-0.39, 0.29) is 36.0 Å². The first-order valence-corrected chi connectivity index (χ1v) is 10.7. The van der Waals surface area contributed by atoms with Crippen molar-refractivity contribution >= 4 is 27.4 Å². The zero-order valence-electron chi connectivity index (χ0n) is 16.8. The number of carboxylic acids is 1. The maximum Gasteiger partial charge on any atom is 1.00 e. The third kappa shape index (κ3) is 3.22. The number of benzene rings is 1. The molecule has 1 amide bonds. The van der Waals surface area contributed by atoms with Gasteiger partial charge in [0, 0.05) is 12.8 Å². The summed E-state index contributed by atoms with van der Waals surface area (Å²) >= 11 is 0. The van der Waals surface area contributed by atoms with Gasteiger partial charge < -0.3 is 19.6 Å². The van der Waals surface area contributed by atoms with Gasteiger partial charge in [0.2, 0.25) is 5.91 Å². The number of rotatable bonds is 4. The summed E-state index contributed by atoms with van der Waals surface area (Å²) in [5.41, 5.74) is 2.79. The fraction of sp³-hybridized carbons (Fsp3) is 0.526. The minimum atomic E-state index is -3.86. The minimum absolute atomic E-state index is 0. The number of aliphatic carboxylic acids is 1. The minimum Gasteiger partial charge on any atom is -0.548 e. The molecule has 0 spiro atoms. The molecule has 0 N–H and O–H groups in total. The molecule has 1 aromatic carbocycles. The molecule has 10 heteroatoms. The molecular formula is C19H21N2NaO6S. The summed E-state index contributed by atoms with van der Waals surface area (Å²) in [5.74, 6) is -2.86. The van der Waals surface area contributed by atoms with Crippen molar-refractivity contribution < 1.29 is 57.5 Å². The Hall–Kier alpha value is -1.42. The Morgan fingerprint density at radius 3 is 2.52 bits per heavy atom. The summed E-state index contributed by atoms with van der Waals surface area (Å²) in [7, 11) is -3.86. The monoisotopic (exact) mass is 428 g/mol. The van der Waals surface area contributed by atoms with Gasteiger partial charge in [-0.25, -0.2) is 8.42 Å². The number of amides is 1. The summed E-state index contributed by atoms with van der Waals surface area (Å²) in [6, 6.07) is 6.32. The average molecular weight is 428 g/mol. The Kier molecular flexibility index (Phi) is 5.66. The molecule has 4 rings (SSSR count). The molecule has 0 bridgehead atoms. The fourth-order valence-electron chi connectivity index (χ4n) is 4.36. The number of β-lactam (4-membered cyclic amide) rings is 1. The van der Waals surface area contributed by atoms with Crippen LogP contribution in [0.15, 0.2) is 29.4 Å². The van der Waals surface area contributed by atoms with Crippen molar-refractivity contribution in [1.29, 1.82) is 0 Å². The smallest absolute Gasteiger partial charge is 0.548 e. The second-order valence-electron chi connectivity index (χ2n) is 8.18. The topological polar surface area (TPSA) is 116 Å². The van der Waals surface area contributed by atoms with E-state index >= 15 is 0 Å². The number of hydrogen-bond donors (Lipinski definition) is 0. The third-order valence-corrected chi connectivity index (χ3v) is 8.92. The molecule has 2 fully saturated rings. The van der Waals surface area contributed by atoms with Gasteiger partial charge in [-0.05, 0) is 26.3 Å². The first-order valence-electron chi connectivity index (χ1n) is 9.12. The van der Waals surface area contributed by atoms with Crippen molar-refractivity contribution in [1.82, 2.24) is 4.90 Å². The maximum atomic E-state index is 12.9. The summed E-state index contributed by atoms with van der Waals surface area (Å²) in [6.45, 7) is 4.64. The van der Waals surface area contributed by atoms with Crippen LogP contribution in [0.25, 0.3) is 0 Å². The van der Waals surface area contributed by atoms with Crippen LogP contribution in [0.2, 0.25) is 0 Å². The van der Waals surface area contributed by atoms with Crippen molar-refractivity contribution in [2.75, 3.05) is 0 Å². The van der Waals surface area contributed by atoms with Gasteiger partial charge in [0.15, 0.2) is 9.84 Å². The van der Waals surface area contributed by atoms with Crippen molar-refractivity contribution in [3.05, 3.63) is 35.4 Å². The van der Waals surface area contributed by atoms with E-state index in [0.717, 1.165) is 21.7 Å².